The summed E-state index contributed by atoms with van der Waals surface area (Å²) in [5, 5.41) is 5.22. The summed E-state index contributed by atoms with van der Waals surface area (Å²) < 4.78 is 4.85. The molecule has 5 aromatic carbocycles. The van der Waals surface area contributed by atoms with E-state index in [0.29, 0.717) is 5.92 Å². The topological polar surface area (TPSA) is 9.86 Å². The molecular formula is C37H28N2. The molecule has 1 aliphatic carbocycles. The van der Waals surface area contributed by atoms with Crippen LogP contribution in [0.3, 0.4) is 0 Å². The third-order valence-electron chi connectivity index (χ3n) is 8.40. The maximum Gasteiger partial charge on any atom is 0.0541 e. The minimum absolute atomic E-state index is 0.404. The van der Waals surface area contributed by atoms with Crippen molar-refractivity contribution < 1.29 is 0 Å². The normalized spacial score (nSPS) is 15.8. The van der Waals surface area contributed by atoms with Gasteiger partial charge in [-0.05, 0) is 60.0 Å². The standard InChI is InChI=1S/C37H28N2/c1-25-24-27(20-23-33(25)39-36-16-8-4-12-31(36)32-13-5-9-17-37(32)39)26-18-21-28(22-19-26)38-34-14-6-2-10-29(34)30-11-3-7-15-35(30)38/h2-23,25H,24H2,1H3. The molecule has 2 aromatic heterocycles. The summed E-state index contributed by atoms with van der Waals surface area (Å²) in [5.41, 5.74) is 10.3. The van der Waals surface area contributed by atoms with E-state index in [9.17, 15) is 0 Å². The van der Waals surface area contributed by atoms with Gasteiger partial charge in [0.05, 0.1) is 22.1 Å². The third kappa shape index (κ3) is 3.35. The first-order valence-corrected chi connectivity index (χ1v) is 13.8. The van der Waals surface area contributed by atoms with Crippen LogP contribution in [-0.4, -0.2) is 9.13 Å². The zero-order valence-corrected chi connectivity index (χ0v) is 21.9. The highest BCUT2D eigenvalue weighted by atomic mass is 15.0. The third-order valence-corrected chi connectivity index (χ3v) is 8.40. The predicted octanol–water partition coefficient (Wildman–Crippen LogP) is 9.86. The summed E-state index contributed by atoms with van der Waals surface area (Å²) in [5.74, 6) is 0.404. The largest absolute Gasteiger partial charge is 0.313 e. The van der Waals surface area contributed by atoms with Gasteiger partial charge in [0, 0.05) is 38.8 Å². The van der Waals surface area contributed by atoms with Gasteiger partial charge in [-0.3, -0.25) is 0 Å². The van der Waals surface area contributed by atoms with E-state index in [1.807, 2.05) is 0 Å². The predicted molar refractivity (Wildman–Crippen MR) is 166 cm³/mol. The van der Waals surface area contributed by atoms with E-state index >= 15 is 0 Å². The lowest BCUT2D eigenvalue weighted by molar-refractivity contribution is 0.736. The minimum atomic E-state index is 0.404. The van der Waals surface area contributed by atoms with Gasteiger partial charge >= 0.3 is 0 Å². The van der Waals surface area contributed by atoms with E-state index < -0.39 is 0 Å². The molecule has 0 amide bonds. The van der Waals surface area contributed by atoms with Crippen LogP contribution in [0, 0.1) is 5.92 Å². The van der Waals surface area contributed by atoms with Crippen molar-refractivity contribution in [2.24, 2.45) is 5.92 Å². The van der Waals surface area contributed by atoms with Crippen molar-refractivity contribution in [1.29, 1.82) is 0 Å². The molecule has 0 saturated carbocycles. The minimum Gasteiger partial charge on any atom is -0.313 e. The van der Waals surface area contributed by atoms with E-state index in [-0.39, 0.29) is 0 Å². The molecule has 7 aromatic rings. The molecule has 2 nitrogen and oxygen atoms in total. The summed E-state index contributed by atoms with van der Waals surface area (Å²) >= 11 is 0. The molecule has 186 valence electrons. The van der Waals surface area contributed by atoms with Crippen molar-refractivity contribution in [3.05, 3.63) is 139 Å². The molecule has 1 aliphatic rings. The Morgan fingerprint density at radius 3 is 1.38 bits per heavy atom. The highest BCUT2D eigenvalue weighted by molar-refractivity contribution is 6.10. The van der Waals surface area contributed by atoms with Crippen LogP contribution in [-0.2, 0) is 0 Å². The summed E-state index contributed by atoms with van der Waals surface area (Å²) in [7, 11) is 0. The molecule has 0 N–H and O–H groups in total. The molecule has 2 heterocycles. The summed E-state index contributed by atoms with van der Waals surface area (Å²) in [6.07, 6.45) is 5.68. The van der Waals surface area contributed by atoms with E-state index in [4.69, 9.17) is 0 Å². The van der Waals surface area contributed by atoms with E-state index in [2.05, 4.69) is 150 Å². The van der Waals surface area contributed by atoms with Crippen molar-refractivity contribution in [3.8, 4) is 5.69 Å². The van der Waals surface area contributed by atoms with Crippen LogP contribution in [0.4, 0.5) is 0 Å². The number of fused-ring (bicyclic) bond motifs is 6. The second-order valence-electron chi connectivity index (χ2n) is 10.7. The van der Waals surface area contributed by atoms with Crippen LogP contribution < -0.4 is 0 Å². The molecule has 0 bridgehead atoms. The molecular weight excluding hydrogens is 472 g/mol. The van der Waals surface area contributed by atoms with Gasteiger partial charge < -0.3 is 9.13 Å². The first-order chi connectivity index (χ1) is 19.3. The van der Waals surface area contributed by atoms with Crippen LogP contribution in [0.25, 0.3) is 60.6 Å². The van der Waals surface area contributed by atoms with Crippen molar-refractivity contribution >= 4 is 54.9 Å². The van der Waals surface area contributed by atoms with Crippen LogP contribution in [0.15, 0.2) is 133 Å². The molecule has 0 radical (unpaired) electrons. The number of aromatic nitrogens is 2. The maximum absolute atomic E-state index is 2.47. The monoisotopic (exact) mass is 500 g/mol. The van der Waals surface area contributed by atoms with Gasteiger partial charge in [-0.15, -0.1) is 0 Å². The first kappa shape index (κ1) is 22.2. The fourth-order valence-corrected chi connectivity index (χ4v) is 6.59. The SMILES string of the molecule is CC1CC(c2ccc(-n3c4ccccc4c4ccccc43)cc2)=CC=C1n1c2ccccc2c2ccccc21. The van der Waals surface area contributed by atoms with Crippen LogP contribution in [0.5, 0.6) is 0 Å². The average molecular weight is 501 g/mol. The molecule has 2 heteroatoms. The summed E-state index contributed by atoms with van der Waals surface area (Å²) in [6, 6.07) is 44.0. The lowest BCUT2D eigenvalue weighted by atomic mass is 9.88. The second-order valence-corrected chi connectivity index (χ2v) is 10.7. The highest BCUT2D eigenvalue weighted by Gasteiger charge is 2.21. The smallest absolute Gasteiger partial charge is 0.0541 e. The van der Waals surface area contributed by atoms with E-state index in [1.54, 1.807) is 0 Å². The van der Waals surface area contributed by atoms with Crippen LogP contribution >= 0.6 is 0 Å². The zero-order chi connectivity index (χ0) is 25.9. The van der Waals surface area contributed by atoms with Crippen LogP contribution in [0.2, 0.25) is 0 Å². The number of allylic oxidation sites excluding steroid dienone is 4. The molecule has 0 spiro atoms. The summed E-state index contributed by atoms with van der Waals surface area (Å²) in [6.45, 7) is 2.36. The lowest BCUT2D eigenvalue weighted by Gasteiger charge is -2.24. The Labute approximate surface area is 227 Å². The van der Waals surface area contributed by atoms with Gasteiger partial charge in [0.2, 0.25) is 0 Å². The Balaban J connectivity index is 1.20. The maximum atomic E-state index is 2.47. The van der Waals surface area contributed by atoms with E-state index in [0.717, 1.165) is 6.42 Å². The number of benzene rings is 5. The highest BCUT2D eigenvalue weighted by Crippen LogP contribution is 2.39. The lowest BCUT2D eigenvalue weighted by Crippen LogP contribution is -2.10. The van der Waals surface area contributed by atoms with Crippen LogP contribution in [0.1, 0.15) is 18.9 Å². The van der Waals surface area contributed by atoms with Crippen molar-refractivity contribution in [2.75, 3.05) is 0 Å². The Kier molecular flexibility index (Phi) is 4.90. The number of hydrogen-bond acceptors (Lipinski definition) is 0. The Bertz CT molecular complexity index is 1990. The Hall–Kier alpha value is -4.82. The molecule has 1 atom stereocenters. The molecule has 0 aliphatic heterocycles. The second kappa shape index (κ2) is 8.61. The molecule has 0 fully saturated rings. The number of hydrogen-bond donors (Lipinski definition) is 0. The van der Waals surface area contributed by atoms with Gasteiger partial charge in [-0.1, -0.05) is 97.9 Å². The van der Waals surface area contributed by atoms with E-state index in [1.165, 1.54) is 66.1 Å². The number of rotatable bonds is 3. The Morgan fingerprint density at radius 2 is 0.923 bits per heavy atom. The number of nitrogens with zero attached hydrogens (tertiary/aromatic N) is 2. The van der Waals surface area contributed by atoms with Crippen molar-refractivity contribution in [3.63, 3.8) is 0 Å². The molecule has 39 heavy (non-hydrogen) atoms. The molecule has 0 saturated heterocycles. The fourth-order valence-electron chi connectivity index (χ4n) is 6.59. The van der Waals surface area contributed by atoms with Gasteiger partial charge in [0.1, 0.15) is 0 Å². The van der Waals surface area contributed by atoms with Gasteiger partial charge in [-0.2, -0.15) is 0 Å². The summed E-state index contributed by atoms with van der Waals surface area (Å²) in [4.78, 5) is 0. The quantitative estimate of drug-likeness (QED) is 0.228. The van der Waals surface area contributed by atoms with Gasteiger partial charge in [0.25, 0.3) is 0 Å². The van der Waals surface area contributed by atoms with Gasteiger partial charge in [0.15, 0.2) is 0 Å². The average Bonchev–Trinajstić information content (AvgIpc) is 3.51. The molecule has 8 rings (SSSR count). The Morgan fingerprint density at radius 1 is 0.487 bits per heavy atom. The number of para-hydroxylation sites is 4. The zero-order valence-electron chi connectivity index (χ0n) is 21.9. The van der Waals surface area contributed by atoms with Gasteiger partial charge in [-0.25, -0.2) is 0 Å². The first-order valence-electron chi connectivity index (χ1n) is 13.8. The molecule has 1 unspecified atom stereocenters. The van der Waals surface area contributed by atoms with Crippen molar-refractivity contribution in [1.82, 2.24) is 9.13 Å². The fraction of sp³-hybridized carbons (Fsp3) is 0.0811. The van der Waals surface area contributed by atoms with Crippen molar-refractivity contribution in [2.45, 2.75) is 13.3 Å².